The fourth-order valence-corrected chi connectivity index (χ4v) is 3.06. The lowest BCUT2D eigenvalue weighted by molar-refractivity contribution is -0.386. The van der Waals surface area contributed by atoms with E-state index in [1.54, 1.807) is 26.8 Å². The summed E-state index contributed by atoms with van der Waals surface area (Å²) in [6, 6.07) is 4.50. The molecule has 1 unspecified atom stereocenters. The molecule has 1 saturated heterocycles. The summed E-state index contributed by atoms with van der Waals surface area (Å²) >= 11 is 0. The molecule has 0 amide bonds. The van der Waals surface area contributed by atoms with Gasteiger partial charge in [0.25, 0.3) is 5.69 Å². The lowest BCUT2D eigenvalue weighted by Gasteiger charge is -2.31. The smallest absolute Gasteiger partial charge is 0.318 e. The third kappa shape index (κ3) is 3.51. The minimum absolute atomic E-state index is 0.0861. The summed E-state index contributed by atoms with van der Waals surface area (Å²) in [7, 11) is 3.38. The van der Waals surface area contributed by atoms with Crippen molar-refractivity contribution >= 4 is 11.7 Å². The standard InChI is InChI=1S/C17H24N2O5/c1-16(2,3)24-15(20)17(8-9-18(4)11-17)13-10-12(23-5)6-7-14(13)19(21)22/h6-7,10H,8-9,11H2,1-5H3. The lowest BCUT2D eigenvalue weighted by atomic mass is 9.78. The number of carbonyl (C=O) groups excluding carboxylic acids is 1. The largest absolute Gasteiger partial charge is 0.497 e. The van der Waals surface area contributed by atoms with Gasteiger partial charge in [-0.3, -0.25) is 14.9 Å². The van der Waals surface area contributed by atoms with Gasteiger partial charge in [-0.25, -0.2) is 0 Å². The average Bonchev–Trinajstić information content (AvgIpc) is 2.88. The second-order valence-electron chi connectivity index (χ2n) is 7.21. The Kier molecular flexibility index (Phi) is 4.85. The van der Waals surface area contributed by atoms with Gasteiger partial charge in [-0.1, -0.05) is 0 Å². The zero-order valence-corrected chi connectivity index (χ0v) is 14.8. The SMILES string of the molecule is COc1ccc([N+](=O)[O-])c(C2(C(=O)OC(C)(C)C)CCN(C)C2)c1. The van der Waals surface area contributed by atoms with Crippen molar-refractivity contribution in [1.29, 1.82) is 0 Å². The fourth-order valence-electron chi connectivity index (χ4n) is 3.06. The number of methoxy groups -OCH3 is 1. The van der Waals surface area contributed by atoms with Gasteiger partial charge in [0.15, 0.2) is 0 Å². The lowest BCUT2D eigenvalue weighted by Crippen LogP contribution is -2.43. The molecule has 1 aliphatic rings. The number of benzene rings is 1. The predicted octanol–water partition coefficient (Wildman–Crippen LogP) is 2.52. The van der Waals surface area contributed by atoms with Crippen LogP contribution in [-0.4, -0.2) is 48.6 Å². The van der Waals surface area contributed by atoms with Gasteiger partial charge in [0, 0.05) is 12.6 Å². The molecule has 1 atom stereocenters. The number of ether oxygens (including phenoxy) is 2. The second-order valence-corrected chi connectivity index (χ2v) is 7.21. The Balaban J connectivity index is 2.60. The Hall–Kier alpha value is -2.15. The maximum Gasteiger partial charge on any atom is 0.318 e. The zero-order valence-electron chi connectivity index (χ0n) is 14.8. The molecule has 1 aromatic rings. The topological polar surface area (TPSA) is 81.9 Å². The highest BCUT2D eigenvalue weighted by atomic mass is 16.6. The van der Waals surface area contributed by atoms with Crippen LogP contribution >= 0.6 is 0 Å². The third-order valence-corrected chi connectivity index (χ3v) is 4.17. The van der Waals surface area contributed by atoms with Crippen LogP contribution in [0, 0.1) is 10.1 Å². The van der Waals surface area contributed by atoms with Crippen LogP contribution in [0.25, 0.3) is 0 Å². The maximum atomic E-state index is 13.0. The van der Waals surface area contributed by atoms with Crippen LogP contribution in [0.5, 0.6) is 5.75 Å². The molecule has 0 aromatic heterocycles. The molecule has 24 heavy (non-hydrogen) atoms. The Morgan fingerprint density at radius 3 is 2.50 bits per heavy atom. The van der Waals surface area contributed by atoms with Crippen LogP contribution in [0.1, 0.15) is 32.8 Å². The van der Waals surface area contributed by atoms with Crippen LogP contribution in [-0.2, 0) is 14.9 Å². The van der Waals surface area contributed by atoms with Crippen molar-refractivity contribution in [2.75, 3.05) is 27.2 Å². The fraction of sp³-hybridized carbons (Fsp3) is 0.588. The highest BCUT2D eigenvalue weighted by Crippen LogP contribution is 2.42. The van der Waals surface area contributed by atoms with Gasteiger partial charge < -0.3 is 14.4 Å². The molecule has 1 aliphatic heterocycles. The number of carbonyl (C=O) groups is 1. The molecule has 1 aromatic carbocycles. The highest BCUT2D eigenvalue weighted by Gasteiger charge is 2.51. The molecule has 0 aliphatic carbocycles. The van der Waals surface area contributed by atoms with Crippen molar-refractivity contribution in [2.45, 2.75) is 38.2 Å². The first kappa shape index (κ1) is 18.2. The minimum atomic E-state index is -1.07. The Morgan fingerprint density at radius 1 is 1.38 bits per heavy atom. The summed E-state index contributed by atoms with van der Waals surface area (Å²) in [5, 5.41) is 11.5. The minimum Gasteiger partial charge on any atom is -0.497 e. The summed E-state index contributed by atoms with van der Waals surface area (Å²) < 4.78 is 10.8. The normalized spacial score (nSPS) is 21.5. The molecule has 0 saturated carbocycles. The summed E-state index contributed by atoms with van der Waals surface area (Å²) in [5.74, 6) is 0.0452. The molecular formula is C17H24N2O5. The predicted molar refractivity (Wildman–Crippen MR) is 89.3 cm³/mol. The molecule has 2 rings (SSSR count). The van der Waals surface area contributed by atoms with Crippen molar-refractivity contribution < 1.29 is 19.2 Å². The van der Waals surface area contributed by atoms with E-state index in [2.05, 4.69) is 0 Å². The van der Waals surface area contributed by atoms with Crippen LogP contribution in [0.15, 0.2) is 18.2 Å². The van der Waals surface area contributed by atoms with E-state index in [0.29, 0.717) is 30.8 Å². The van der Waals surface area contributed by atoms with Crippen molar-refractivity contribution in [3.05, 3.63) is 33.9 Å². The molecule has 0 N–H and O–H groups in total. The highest BCUT2D eigenvalue weighted by molar-refractivity contribution is 5.86. The molecule has 0 bridgehead atoms. The van der Waals surface area contributed by atoms with E-state index in [-0.39, 0.29) is 5.69 Å². The molecule has 1 heterocycles. The first-order chi connectivity index (χ1) is 11.1. The van der Waals surface area contributed by atoms with E-state index in [1.165, 1.54) is 19.2 Å². The van der Waals surface area contributed by atoms with E-state index >= 15 is 0 Å². The third-order valence-electron chi connectivity index (χ3n) is 4.17. The van der Waals surface area contributed by atoms with Crippen LogP contribution in [0.2, 0.25) is 0 Å². The number of likely N-dealkylation sites (N-methyl/N-ethyl adjacent to an activating group) is 1. The molecule has 0 spiro atoms. The molecule has 7 heteroatoms. The number of esters is 1. The number of nitrogens with zero attached hydrogens (tertiary/aromatic N) is 2. The number of hydrogen-bond acceptors (Lipinski definition) is 6. The monoisotopic (exact) mass is 336 g/mol. The number of likely N-dealkylation sites (tertiary alicyclic amines) is 1. The van der Waals surface area contributed by atoms with Gasteiger partial charge in [-0.15, -0.1) is 0 Å². The summed E-state index contributed by atoms with van der Waals surface area (Å²) in [6.07, 6.45) is 0.465. The summed E-state index contributed by atoms with van der Waals surface area (Å²) in [6.45, 7) is 6.40. The van der Waals surface area contributed by atoms with Gasteiger partial charge in [0.2, 0.25) is 0 Å². The van der Waals surface area contributed by atoms with Crippen molar-refractivity contribution in [3.63, 3.8) is 0 Å². The molecule has 132 valence electrons. The average molecular weight is 336 g/mol. The summed E-state index contributed by atoms with van der Waals surface area (Å²) in [5.41, 5.74) is -1.47. The van der Waals surface area contributed by atoms with Gasteiger partial charge in [-0.2, -0.15) is 0 Å². The van der Waals surface area contributed by atoms with Crippen LogP contribution in [0.3, 0.4) is 0 Å². The van der Waals surface area contributed by atoms with E-state index < -0.39 is 21.9 Å². The van der Waals surface area contributed by atoms with E-state index in [9.17, 15) is 14.9 Å². The number of nitro benzene ring substituents is 1. The molecule has 1 fully saturated rings. The first-order valence-corrected chi connectivity index (χ1v) is 7.84. The Labute approximate surface area is 141 Å². The van der Waals surface area contributed by atoms with Gasteiger partial charge >= 0.3 is 5.97 Å². The van der Waals surface area contributed by atoms with Crippen LogP contribution < -0.4 is 4.74 Å². The van der Waals surface area contributed by atoms with E-state index in [1.807, 2.05) is 11.9 Å². The first-order valence-electron chi connectivity index (χ1n) is 7.84. The van der Waals surface area contributed by atoms with Crippen LogP contribution in [0.4, 0.5) is 5.69 Å². The Morgan fingerprint density at radius 2 is 2.04 bits per heavy atom. The zero-order chi connectivity index (χ0) is 18.1. The number of hydrogen-bond donors (Lipinski definition) is 0. The number of nitro groups is 1. The second kappa shape index (κ2) is 6.39. The van der Waals surface area contributed by atoms with Gasteiger partial charge in [-0.05, 0) is 52.9 Å². The molecular weight excluding hydrogens is 312 g/mol. The molecule has 7 nitrogen and oxygen atoms in total. The van der Waals surface area contributed by atoms with E-state index in [0.717, 1.165) is 0 Å². The van der Waals surface area contributed by atoms with E-state index in [4.69, 9.17) is 9.47 Å². The molecule has 0 radical (unpaired) electrons. The van der Waals surface area contributed by atoms with Gasteiger partial charge in [0.1, 0.15) is 16.8 Å². The quantitative estimate of drug-likeness (QED) is 0.477. The van der Waals surface area contributed by atoms with Crippen molar-refractivity contribution in [3.8, 4) is 5.75 Å². The van der Waals surface area contributed by atoms with Crippen molar-refractivity contribution in [2.24, 2.45) is 0 Å². The number of rotatable bonds is 4. The van der Waals surface area contributed by atoms with Crippen molar-refractivity contribution in [1.82, 2.24) is 4.90 Å². The maximum absolute atomic E-state index is 13.0. The summed E-state index contributed by atoms with van der Waals surface area (Å²) in [4.78, 5) is 26.0. The van der Waals surface area contributed by atoms with Gasteiger partial charge in [0.05, 0.1) is 17.6 Å². The Bertz CT molecular complexity index is 653.